The number of rotatable bonds is 6. The van der Waals surface area contributed by atoms with Crippen molar-refractivity contribution in [2.45, 2.75) is 34.6 Å². The smallest absolute Gasteiger partial charge is 0.397 e. The van der Waals surface area contributed by atoms with Gasteiger partial charge in [0.15, 0.2) is 0 Å². The van der Waals surface area contributed by atoms with Crippen molar-refractivity contribution >= 4 is 35.1 Å². The van der Waals surface area contributed by atoms with Gasteiger partial charge in [0.05, 0.1) is 17.2 Å². The van der Waals surface area contributed by atoms with Crippen LogP contribution in [0, 0.1) is 12.3 Å². The van der Waals surface area contributed by atoms with Crippen molar-refractivity contribution in [1.82, 2.24) is 5.32 Å². The van der Waals surface area contributed by atoms with E-state index in [-0.39, 0.29) is 34.1 Å². The molecule has 0 aromatic heterocycles. The number of benzene rings is 2. The maximum Gasteiger partial charge on any atom is 0.397 e. The molecule has 3 N–H and O–H groups in total. The number of halogens is 1. The fourth-order valence-electron chi connectivity index (χ4n) is 2.63. The molecule has 0 saturated carbocycles. The first kappa shape index (κ1) is 25.0. The van der Waals surface area contributed by atoms with Gasteiger partial charge in [-0.3, -0.25) is 9.59 Å². The van der Waals surface area contributed by atoms with Gasteiger partial charge in [0.2, 0.25) is 0 Å². The average Bonchev–Trinajstić information content (AvgIpc) is 2.69. The fraction of sp³-hybridized carbons (Fsp3) is 0.348. The van der Waals surface area contributed by atoms with Crippen molar-refractivity contribution in [3.8, 4) is 17.2 Å². The molecule has 2 aromatic rings. The number of phenols is 1. The summed E-state index contributed by atoms with van der Waals surface area (Å²) in [7, 11) is 0. The molecule has 2 aromatic carbocycles. The van der Waals surface area contributed by atoms with E-state index in [4.69, 9.17) is 16.3 Å². The summed E-state index contributed by atoms with van der Waals surface area (Å²) in [4.78, 5) is 35.8. The fourth-order valence-corrected chi connectivity index (χ4v) is 2.94. The summed E-state index contributed by atoms with van der Waals surface area (Å²) >= 11 is 6.32. The molecular formula is C23H27ClN2O6. The Kier molecular flexibility index (Phi) is 8.10. The van der Waals surface area contributed by atoms with Crippen LogP contribution < -0.4 is 15.4 Å². The molecule has 0 spiro atoms. The van der Waals surface area contributed by atoms with Crippen LogP contribution in [0.25, 0.3) is 0 Å². The summed E-state index contributed by atoms with van der Waals surface area (Å²) in [6, 6.07) is 7.29. The molecule has 2 amide bonds. The number of anilines is 1. The summed E-state index contributed by atoms with van der Waals surface area (Å²) in [5.41, 5.74) is 0.822. The molecule has 0 saturated heterocycles. The monoisotopic (exact) mass is 462 g/mol. The number of hydrogen-bond donors (Lipinski definition) is 3. The Bertz CT molecular complexity index is 1010. The maximum absolute atomic E-state index is 12.5. The van der Waals surface area contributed by atoms with Gasteiger partial charge in [-0.2, -0.15) is 0 Å². The van der Waals surface area contributed by atoms with Crippen LogP contribution in [0.2, 0.25) is 5.02 Å². The molecule has 0 bridgehead atoms. The molecule has 9 heteroatoms. The molecule has 0 fully saturated rings. The van der Waals surface area contributed by atoms with Gasteiger partial charge in [-0.15, -0.1) is 0 Å². The van der Waals surface area contributed by atoms with Gasteiger partial charge in [0.25, 0.3) is 5.91 Å². The number of amides is 2. The Hall–Kier alpha value is -3.26. The first-order chi connectivity index (χ1) is 14.9. The third-order valence-corrected chi connectivity index (χ3v) is 4.44. The lowest BCUT2D eigenvalue weighted by atomic mass is 9.97. The van der Waals surface area contributed by atoms with E-state index in [2.05, 4.69) is 15.4 Å². The lowest BCUT2D eigenvalue weighted by molar-refractivity contribution is -0.152. The highest BCUT2D eigenvalue weighted by Crippen LogP contribution is 2.36. The van der Waals surface area contributed by atoms with E-state index < -0.39 is 17.8 Å². The number of nitrogens with one attached hydrogen (secondary N) is 2. The molecule has 8 nitrogen and oxygen atoms in total. The highest BCUT2D eigenvalue weighted by molar-refractivity contribution is 6.37. The zero-order valence-electron chi connectivity index (χ0n) is 18.7. The van der Waals surface area contributed by atoms with E-state index >= 15 is 0 Å². The first-order valence-corrected chi connectivity index (χ1v) is 10.4. The zero-order chi connectivity index (χ0) is 24.1. The molecule has 0 aliphatic rings. The predicted molar refractivity (Wildman–Crippen MR) is 121 cm³/mol. The summed E-state index contributed by atoms with van der Waals surface area (Å²) in [5.74, 6) is -1.93. The van der Waals surface area contributed by atoms with Crippen LogP contribution in [0.3, 0.4) is 0 Å². The summed E-state index contributed by atoms with van der Waals surface area (Å²) < 4.78 is 10.5. The molecule has 2 rings (SSSR count). The lowest BCUT2D eigenvalue weighted by Crippen LogP contribution is -2.32. The Morgan fingerprint density at radius 2 is 1.81 bits per heavy atom. The maximum atomic E-state index is 12.5. The van der Waals surface area contributed by atoms with Gasteiger partial charge >= 0.3 is 11.9 Å². The molecule has 0 aliphatic heterocycles. The summed E-state index contributed by atoms with van der Waals surface area (Å²) in [6.45, 7) is 9.77. The topological polar surface area (TPSA) is 114 Å². The second-order valence-electron chi connectivity index (χ2n) is 8.30. The number of aryl methyl sites for hydroxylation is 1. The molecule has 0 radical (unpaired) electrons. The number of ether oxygens (including phenoxy) is 2. The minimum atomic E-state index is -0.997. The minimum absolute atomic E-state index is 0.0684. The van der Waals surface area contributed by atoms with Crippen molar-refractivity contribution < 1.29 is 29.0 Å². The predicted octanol–water partition coefficient (Wildman–Crippen LogP) is 4.42. The Morgan fingerprint density at radius 1 is 1.12 bits per heavy atom. The Morgan fingerprint density at radius 3 is 2.41 bits per heavy atom. The van der Waals surface area contributed by atoms with Gasteiger partial charge in [-0.05, 0) is 55.2 Å². The normalized spacial score (nSPS) is 10.9. The Labute approximate surface area is 191 Å². The molecule has 0 heterocycles. The van der Waals surface area contributed by atoms with E-state index in [1.165, 1.54) is 24.3 Å². The number of carbonyl (C=O) groups is 3. The van der Waals surface area contributed by atoms with Gasteiger partial charge in [-0.1, -0.05) is 32.4 Å². The zero-order valence-corrected chi connectivity index (χ0v) is 19.4. The van der Waals surface area contributed by atoms with Crippen molar-refractivity contribution in [3.05, 3.63) is 46.5 Å². The van der Waals surface area contributed by atoms with Crippen LogP contribution in [0.5, 0.6) is 17.2 Å². The van der Waals surface area contributed by atoms with Crippen molar-refractivity contribution in [2.75, 3.05) is 18.5 Å². The Balaban J connectivity index is 2.21. The summed E-state index contributed by atoms with van der Waals surface area (Å²) in [5, 5.41) is 15.5. The molecule has 32 heavy (non-hydrogen) atoms. The van der Waals surface area contributed by atoms with E-state index in [0.29, 0.717) is 23.5 Å². The van der Waals surface area contributed by atoms with Gasteiger partial charge < -0.3 is 25.2 Å². The van der Waals surface area contributed by atoms with Crippen molar-refractivity contribution in [3.63, 3.8) is 0 Å². The van der Waals surface area contributed by atoms with Gasteiger partial charge in [0.1, 0.15) is 17.2 Å². The van der Waals surface area contributed by atoms with Gasteiger partial charge in [0, 0.05) is 12.2 Å². The quantitative estimate of drug-likeness (QED) is 0.432. The van der Waals surface area contributed by atoms with E-state index in [1.807, 2.05) is 20.8 Å². The van der Waals surface area contributed by atoms with Crippen LogP contribution in [0.4, 0.5) is 5.69 Å². The average molecular weight is 463 g/mol. The molecular weight excluding hydrogens is 436 g/mol. The summed E-state index contributed by atoms with van der Waals surface area (Å²) in [6.07, 6.45) is 0. The van der Waals surface area contributed by atoms with E-state index in [0.717, 1.165) is 0 Å². The molecule has 0 unspecified atom stereocenters. The van der Waals surface area contributed by atoms with Crippen LogP contribution in [-0.4, -0.2) is 36.0 Å². The SMILES string of the molecule is CCOC(=O)C(=O)Nc1cc(C)c(Oc2ccc(O)c(C(=O)NCC(C)(C)C)c2)c(Cl)c1. The van der Waals surface area contributed by atoms with E-state index in [1.54, 1.807) is 19.9 Å². The number of carbonyl (C=O) groups excluding carboxylic acids is 3. The van der Waals surface area contributed by atoms with Crippen molar-refractivity contribution in [1.29, 1.82) is 0 Å². The van der Waals surface area contributed by atoms with Crippen molar-refractivity contribution in [2.24, 2.45) is 5.41 Å². The second kappa shape index (κ2) is 10.4. The highest BCUT2D eigenvalue weighted by atomic mass is 35.5. The highest BCUT2D eigenvalue weighted by Gasteiger charge is 2.19. The van der Waals surface area contributed by atoms with Crippen LogP contribution in [0.1, 0.15) is 43.6 Å². The third-order valence-electron chi connectivity index (χ3n) is 4.16. The third kappa shape index (κ3) is 6.88. The lowest BCUT2D eigenvalue weighted by Gasteiger charge is -2.19. The van der Waals surface area contributed by atoms with Crippen LogP contribution in [0.15, 0.2) is 30.3 Å². The molecule has 0 atom stereocenters. The number of esters is 1. The molecule has 0 aliphatic carbocycles. The van der Waals surface area contributed by atoms with Gasteiger partial charge in [-0.25, -0.2) is 4.79 Å². The minimum Gasteiger partial charge on any atom is -0.507 e. The standard InChI is InChI=1S/C23H27ClN2O6/c1-6-31-22(30)21(29)26-14-9-13(2)19(17(24)10-14)32-15-7-8-18(27)16(11-15)20(28)25-12-23(3,4)5/h7-11,27H,6,12H2,1-5H3,(H,25,28)(H,26,29). The number of hydrogen-bond acceptors (Lipinski definition) is 6. The molecule has 172 valence electrons. The number of phenolic OH excluding ortho intramolecular Hbond substituents is 1. The second-order valence-corrected chi connectivity index (χ2v) is 8.71. The van der Waals surface area contributed by atoms with E-state index in [9.17, 15) is 19.5 Å². The van der Waals surface area contributed by atoms with Crippen LogP contribution in [-0.2, 0) is 14.3 Å². The largest absolute Gasteiger partial charge is 0.507 e. The number of aromatic hydroxyl groups is 1. The first-order valence-electron chi connectivity index (χ1n) is 9.98. The van der Waals surface area contributed by atoms with Crippen LogP contribution >= 0.6 is 11.6 Å².